The van der Waals surface area contributed by atoms with Gasteiger partial charge in [-0.1, -0.05) is 53.2 Å². The first-order valence-corrected chi connectivity index (χ1v) is 11.3. The van der Waals surface area contributed by atoms with E-state index in [0.717, 1.165) is 0 Å². The molecule has 1 aliphatic rings. The third kappa shape index (κ3) is 3.79. The summed E-state index contributed by atoms with van der Waals surface area (Å²) in [6.07, 6.45) is 0.859. The molecular formula is C22H19Cl2N4O3S+. The van der Waals surface area contributed by atoms with Gasteiger partial charge >= 0.3 is 11.3 Å². The van der Waals surface area contributed by atoms with Crippen molar-refractivity contribution in [1.82, 2.24) is 10.1 Å². The number of ether oxygens (including phenoxy) is 1. The largest absolute Gasteiger partial charge is 0.495 e. The maximum absolute atomic E-state index is 13.2. The van der Waals surface area contributed by atoms with Gasteiger partial charge in [0.1, 0.15) is 5.75 Å². The standard InChI is InChI=1S/C22H18Cl2N4O3S/c1-4-9-32-22-25-20(30)18-14-7-5-6-8-17(14)27(12(2)29)21(28(18)26-22)15-10-13(23)11-16(24)19(15)31-3/h4-8,10-11,21H,1,9H2,2-3H3/p+1. The highest BCUT2D eigenvalue weighted by Gasteiger charge is 2.46. The molecule has 0 spiro atoms. The van der Waals surface area contributed by atoms with Gasteiger partial charge < -0.3 is 4.74 Å². The maximum Gasteiger partial charge on any atom is 0.325 e. The van der Waals surface area contributed by atoms with Crippen LogP contribution in [0.3, 0.4) is 0 Å². The van der Waals surface area contributed by atoms with Crippen molar-refractivity contribution in [3.63, 3.8) is 0 Å². The molecule has 0 radical (unpaired) electrons. The number of amides is 1. The number of aromatic amines is 1. The summed E-state index contributed by atoms with van der Waals surface area (Å²) < 4.78 is 7.09. The molecule has 32 heavy (non-hydrogen) atoms. The molecule has 1 atom stereocenters. The van der Waals surface area contributed by atoms with Crippen LogP contribution in [0.4, 0.5) is 5.69 Å². The first-order chi connectivity index (χ1) is 15.4. The van der Waals surface area contributed by atoms with Crippen LogP contribution in [0.15, 0.2) is 59.0 Å². The second kappa shape index (κ2) is 8.97. The second-order valence-electron chi connectivity index (χ2n) is 6.94. The van der Waals surface area contributed by atoms with Crippen LogP contribution in [0.5, 0.6) is 5.75 Å². The molecule has 0 bridgehead atoms. The van der Waals surface area contributed by atoms with Gasteiger partial charge in [0.05, 0.1) is 28.9 Å². The predicted octanol–water partition coefficient (Wildman–Crippen LogP) is 4.23. The van der Waals surface area contributed by atoms with Gasteiger partial charge in [0.15, 0.2) is 0 Å². The first-order valence-electron chi connectivity index (χ1n) is 9.59. The van der Waals surface area contributed by atoms with E-state index in [4.69, 9.17) is 27.9 Å². The molecule has 4 rings (SSSR count). The van der Waals surface area contributed by atoms with Crippen molar-refractivity contribution >= 4 is 46.6 Å². The number of nitrogens with one attached hydrogen (secondary N) is 1. The van der Waals surface area contributed by atoms with Crippen LogP contribution >= 0.6 is 35.0 Å². The second-order valence-corrected chi connectivity index (χ2v) is 8.79. The van der Waals surface area contributed by atoms with Gasteiger partial charge in [-0.3, -0.25) is 14.6 Å². The minimum atomic E-state index is -0.853. The number of hydrogen-bond donors (Lipinski definition) is 1. The summed E-state index contributed by atoms with van der Waals surface area (Å²) in [5.41, 5.74) is 1.63. The van der Waals surface area contributed by atoms with Crippen LogP contribution in [0, 0.1) is 0 Å². The lowest BCUT2D eigenvalue weighted by molar-refractivity contribution is -0.763. The molecule has 2 heterocycles. The summed E-state index contributed by atoms with van der Waals surface area (Å²) in [6.45, 7) is 5.16. The molecule has 10 heteroatoms. The summed E-state index contributed by atoms with van der Waals surface area (Å²) in [5, 5.41) is 5.71. The van der Waals surface area contributed by atoms with E-state index in [1.54, 1.807) is 47.4 Å². The monoisotopic (exact) mass is 489 g/mol. The molecule has 0 aliphatic carbocycles. The number of carbonyl (C=O) groups is 1. The van der Waals surface area contributed by atoms with Crippen molar-refractivity contribution in [1.29, 1.82) is 0 Å². The van der Waals surface area contributed by atoms with E-state index in [0.29, 0.717) is 44.2 Å². The van der Waals surface area contributed by atoms with E-state index in [1.807, 2.05) is 0 Å². The number of hydrogen-bond acceptors (Lipinski definition) is 5. The molecule has 1 aromatic heterocycles. The minimum Gasteiger partial charge on any atom is -0.495 e. The number of fused-ring (bicyclic) bond motifs is 3. The molecule has 164 valence electrons. The van der Waals surface area contributed by atoms with Crippen molar-refractivity contribution in [3.8, 4) is 17.0 Å². The summed E-state index contributed by atoms with van der Waals surface area (Å²) in [6, 6.07) is 10.4. The summed E-state index contributed by atoms with van der Waals surface area (Å²) >= 11 is 14.1. The maximum atomic E-state index is 13.2. The van der Waals surface area contributed by atoms with Gasteiger partial charge in [0.25, 0.3) is 6.17 Å². The lowest BCUT2D eigenvalue weighted by Crippen LogP contribution is -2.60. The number of aromatic nitrogens is 3. The van der Waals surface area contributed by atoms with Gasteiger partial charge in [-0.2, -0.15) is 0 Å². The normalized spacial score (nSPS) is 14.5. The Morgan fingerprint density at radius 3 is 2.81 bits per heavy atom. The zero-order valence-electron chi connectivity index (χ0n) is 17.3. The Bertz CT molecular complexity index is 1290. The average Bonchev–Trinajstić information content (AvgIpc) is 2.75. The van der Waals surface area contributed by atoms with Crippen molar-refractivity contribution in [3.05, 3.63) is 75.0 Å². The molecule has 1 N–H and O–H groups in total. The molecule has 2 aromatic carbocycles. The third-order valence-corrected chi connectivity index (χ3v) is 6.31. The fraction of sp³-hybridized carbons (Fsp3) is 0.182. The van der Waals surface area contributed by atoms with E-state index in [2.05, 4.69) is 16.7 Å². The van der Waals surface area contributed by atoms with Crippen molar-refractivity contribution in [2.75, 3.05) is 17.8 Å². The first kappa shape index (κ1) is 22.4. The Morgan fingerprint density at radius 1 is 1.38 bits per heavy atom. The van der Waals surface area contributed by atoms with E-state index in [1.165, 1.54) is 30.5 Å². The zero-order chi connectivity index (χ0) is 23.0. The van der Waals surface area contributed by atoms with Gasteiger partial charge in [0.2, 0.25) is 11.1 Å². The number of anilines is 1. The average molecular weight is 490 g/mol. The molecule has 1 amide bonds. The number of methoxy groups -OCH3 is 1. The summed E-state index contributed by atoms with van der Waals surface area (Å²) in [7, 11) is 1.48. The number of para-hydroxylation sites is 1. The van der Waals surface area contributed by atoms with Crippen LogP contribution < -0.4 is 19.9 Å². The summed E-state index contributed by atoms with van der Waals surface area (Å²) in [4.78, 5) is 30.5. The molecule has 0 saturated heterocycles. The fourth-order valence-electron chi connectivity index (χ4n) is 3.78. The molecular weight excluding hydrogens is 471 g/mol. The predicted molar refractivity (Wildman–Crippen MR) is 126 cm³/mol. The SMILES string of the molecule is C=CCSc1n[n+]2c(c(=O)[nH]1)-c1ccccc1N(C(C)=O)C2c1cc(Cl)cc(Cl)c1OC. The Hall–Kier alpha value is -2.81. The van der Waals surface area contributed by atoms with Crippen LogP contribution in [-0.4, -0.2) is 28.9 Å². The molecule has 3 aromatic rings. The highest BCUT2D eigenvalue weighted by Crippen LogP contribution is 2.42. The summed E-state index contributed by atoms with van der Waals surface area (Å²) in [5.74, 6) is 0.639. The Labute approximate surface area is 198 Å². The Morgan fingerprint density at radius 2 is 2.12 bits per heavy atom. The van der Waals surface area contributed by atoms with Gasteiger partial charge in [-0.25, -0.2) is 4.90 Å². The van der Waals surface area contributed by atoms with Crippen LogP contribution in [0.25, 0.3) is 11.3 Å². The van der Waals surface area contributed by atoms with E-state index in [9.17, 15) is 9.59 Å². The van der Waals surface area contributed by atoms with E-state index >= 15 is 0 Å². The number of nitrogens with zero attached hydrogens (tertiary/aromatic N) is 3. The third-order valence-electron chi connectivity index (χ3n) is 4.95. The van der Waals surface area contributed by atoms with Gasteiger partial charge in [-0.15, -0.1) is 6.58 Å². The number of carbonyl (C=O) groups excluding carboxylic acids is 1. The van der Waals surface area contributed by atoms with Crippen LogP contribution in [0.2, 0.25) is 10.0 Å². The Kier molecular flexibility index (Phi) is 6.28. The Balaban J connectivity index is 2.10. The van der Waals surface area contributed by atoms with Crippen LogP contribution in [-0.2, 0) is 4.79 Å². The zero-order valence-corrected chi connectivity index (χ0v) is 19.6. The van der Waals surface area contributed by atoms with Crippen molar-refractivity contribution < 1.29 is 14.2 Å². The smallest absolute Gasteiger partial charge is 0.325 e. The van der Waals surface area contributed by atoms with Crippen molar-refractivity contribution in [2.45, 2.75) is 18.2 Å². The van der Waals surface area contributed by atoms with E-state index < -0.39 is 6.17 Å². The lowest BCUT2D eigenvalue weighted by Gasteiger charge is -2.32. The molecule has 0 fully saturated rings. The minimum absolute atomic E-state index is 0.249. The number of halogens is 2. The van der Waals surface area contributed by atoms with Gasteiger partial charge in [-0.05, 0) is 28.9 Å². The molecule has 0 saturated carbocycles. The highest BCUT2D eigenvalue weighted by atomic mass is 35.5. The molecule has 1 unspecified atom stereocenters. The molecule has 1 aliphatic heterocycles. The highest BCUT2D eigenvalue weighted by molar-refractivity contribution is 7.99. The lowest BCUT2D eigenvalue weighted by atomic mass is 10.0. The number of H-pyrrole nitrogens is 1. The quantitative estimate of drug-likeness (QED) is 0.329. The van der Waals surface area contributed by atoms with Crippen molar-refractivity contribution in [2.24, 2.45) is 0 Å². The van der Waals surface area contributed by atoms with Gasteiger partial charge in [0, 0.05) is 22.8 Å². The number of thioether (sulfide) groups is 1. The number of rotatable bonds is 5. The van der Waals surface area contributed by atoms with E-state index in [-0.39, 0.29) is 16.5 Å². The topological polar surface area (TPSA) is 79.2 Å². The fourth-order valence-corrected chi connectivity index (χ4v) is 4.96. The number of benzene rings is 2. The van der Waals surface area contributed by atoms with Crippen LogP contribution in [0.1, 0.15) is 18.7 Å². The molecule has 7 nitrogen and oxygen atoms in total.